The molecule has 0 aromatic carbocycles. The number of aromatic nitrogens is 1. The molecule has 0 amide bonds. The minimum absolute atomic E-state index is 0.0204. The van der Waals surface area contributed by atoms with Crippen molar-refractivity contribution in [1.82, 2.24) is 4.98 Å². The fraction of sp³-hybridized carbons (Fsp3) is 0.154. The van der Waals surface area contributed by atoms with Crippen LogP contribution in [0.2, 0.25) is 0 Å². The number of hydrogen-bond acceptors (Lipinski definition) is 5. The first-order valence-electron chi connectivity index (χ1n) is 5.31. The Morgan fingerprint density at radius 3 is 2.72 bits per heavy atom. The predicted molar refractivity (Wildman–Crippen MR) is 62.3 cm³/mol. The van der Waals surface area contributed by atoms with Crippen molar-refractivity contribution < 1.29 is 18.7 Å². The molecule has 0 aliphatic rings. The van der Waals surface area contributed by atoms with E-state index < -0.39 is 5.97 Å². The van der Waals surface area contributed by atoms with Crippen molar-refractivity contribution in [3.8, 4) is 0 Å². The Morgan fingerprint density at radius 2 is 2.06 bits per heavy atom. The number of carbonyl (C=O) groups excluding carboxylic acids is 2. The summed E-state index contributed by atoms with van der Waals surface area (Å²) in [7, 11) is 1.25. The van der Waals surface area contributed by atoms with Crippen LogP contribution in [0.3, 0.4) is 0 Å². The number of ether oxygens (including phenoxy) is 1. The summed E-state index contributed by atoms with van der Waals surface area (Å²) in [5.74, 6) is -0.653. The predicted octanol–water partition coefficient (Wildman–Crippen LogP) is 1.89. The summed E-state index contributed by atoms with van der Waals surface area (Å²) in [4.78, 5) is 27.0. The maximum atomic E-state index is 11.9. The van der Waals surface area contributed by atoms with Crippen LogP contribution in [0.5, 0.6) is 0 Å². The molecule has 0 saturated heterocycles. The molecule has 0 aliphatic heterocycles. The van der Waals surface area contributed by atoms with Crippen LogP contribution < -0.4 is 0 Å². The van der Waals surface area contributed by atoms with Gasteiger partial charge in [-0.1, -0.05) is 6.07 Å². The fourth-order valence-corrected chi connectivity index (χ4v) is 1.47. The maximum Gasteiger partial charge on any atom is 0.373 e. The smallest absolute Gasteiger partial charge is 0.373 e. The monoisotopic (exact) mass is 245 g/mol. The van der Waals surface area contributed by atoms with Crippen LogP contribution in [0, 0.1) is 0 Å². The lowest BCUT2D eigenvalue weighted by atomic mass is 10.1. The third-order valence-electron chi connectivity index (χ3n) is 2.35. The zero-order chi connectivity index (χ0) is 13.0. The number of ketones is 1. The Kier molecular flexibility index (Phi) is 3.52. The zero-order valence-electron chi connectivity index (χ0n) is 9.75. The molecule has 0 saturated carbocycles. The first kappa shape index (κ1) is 12.0. The van der Waals surface area contributed by atoms with Crippen molar-refractivity contribution in [3.05, 3.63) is 53.7 Å². The third kappa shape index (κ3) is 2.63. The van der Waals surface area contributed by atoms with Gasteiger partial charge >= 0.3 is 5.97 Å². The number of carbonyl (C=O) groups is 2. The van der Waals surface area contributed by atoms with E-state index in [1.54, 1.807) is 24.5 Å². The molecule has 5 nitrogen and oxygen atoms in total. The molecule has 2 rings (SSSR count). The summed E-state index contributed by atoms with van der Waals surface area (Å²) >= 11 is 0. The van der Waals surface area contributed by atoms with Crippen LogP contribution in [0.25, 0.3) is 0 Å². The molecule has 18 heavy (non-hydrogen) atoms. The molecule has 0 spiro atoms. The number of esters is 1. The van der Waals surface area contributed by atoms with Gasteiger partial charge in [0.25, 0.3) is 0 Å². The molecule has 92 valence electrons. The highest BCUT2D eigenvalue weighted by Crippen LogP contribution is 2.12. The highest BCUT2D eigenvalue weighted by atomic mass is 16.5. The first-order valence-corrected chi connectivity index (χ1v) is 5.31. The van der Waals surface area contributed by atoms with Gasteiger partial charge in [0.2, 0.25) is 11.5 Å². The van der Waals surface area contributed by atoms with Crippen molar-refractivity contribution in [2.45, 2.75) is 6.42 Å². The normalized spacial score (nSPS) is 10.1. The number of nitrogens with zero attached hydrogens (tertiary/aromatic N) is 1. The van der Waals surface area contributed by atoms with E-state index in [0.717, 1.165) is 5.56 Å². The number of hydrogen-bond donors (Lipinski definition) is 0. The van der Waals surface area contributed by atoms with Crippen LogP contribution in [-0.2, 0) is 11.2 Å². The van der Waals surface area contributed by atoms with Crippen LogP contribution in [0.1, 0.15) is 26.7 Å². The first-order chi connectivity index (χ1) is 8.70. The van der Waals surface area contributed by atoms with Gasteiger partial charge in [-0.05, 0) is 23.8 Å². The van der Waals surface area contributed by atoms with Gasteiger partial charge in [-0.2, -0.15) is 0 Å². The van der Waals surface area contributed by atoms with Crippen molar-refractivity contribution in [1.29, 1.82) is 0 Å². The van der Waals surface area contributed by atoms with E-state index in [0.29, 0.717) is 0 Å². The second-order valence-corrected chi connectivity index (χ2v) is 3.62. The Morgan fingerprint density at radius 1 is 1.28 bits per heavy atom. The molecule has 2 aromatic heterocycles. The number of rotatable bonds is 4. The molecule has 0 N–H and O–H groups in total. The molecule has 0 atom stereocenters. The third-order valence-corrected chi connectivity index (χ3v) is 2.35. The molecule has 0 aliphatic carbocycles. The SMILES string of the molecule is COC(=O)c1ccc(C(=O)Cc2cccnc2)o1. The van der Waals surface area contributed by atoms with E-state index in [1.807, 2.05) is 0 Å². The lowest BCUT2D eigenvalue weighted by Gasteiger charge is -1.97. The number of methoxy groups -OCH3 is 1. The Hall–Kier alpha value is -2.43. The summed E-state index contributed by atoms with van der Waals surface area (Å²) in [5, 5.41) is 0. The maximum absolute atomic E-state index is 11.9. The summed E-state index contributed by atoms with van der Waals surface area (Å²) < 4.78 is 9.62. The van der Waals surface area contributed by atoms with Gasteiger partial charge in [0, 0.05) is 18.8 Å². The van der Waals surface area contributed by atoms with Crippen molar-refractivity contribution >= 4 is 11.8 Å². The number of Topliss-reactive ketones (excluding diaryl/α,β-unsaturated/α-hetero) is 1. The van der Waals surface area contributed by atoms with Crippen LogP contribution in [0.4, 0.5) is 0 Å². The van der Waals surface area contributed by atoms with Gasteiger partial charge in [0.1, 0.15) is 0 Å². The minimum Gasteiger partial charge on any atom is -0.463 e. The Labute approximate surface area is 103 Å². The van der Waals surface area contributed by atoms with Gasteiger partial charge in [-0.25, -0.2) is 4.79 Å². The van der Waals surface area contributed by atoms with Crippen molar-refractivity contribution in [2.24, 2.45) is 0 Å². The average molecular weight is 245 g/mol. The van der Waals surface area contributed by atoms with Crippen LogP contribution in [-0.4, -0.2) is 23.8 Å². The fourth-order valence-electron chi connectivity index (χ4n) is 1.47. The Balaban J connectivity index is 2.10. The van der Waals surface area contributed by atoms with E-state index in [2.05, 4.69) is 9.72 Å². The highest BCUT2D eigenvalue weighted by molar-refractivity contribution is 5.96. The lowest BCUT2D eigenvalue weighted by Crippen LogP contribution is -2.03. The molecule has 5 heteroatoms. The standard InChI is InChI=1S/C13H11NO4/c1-17-13(16)12-5-4-11(18-12)10(15)7-9-3-2-6-14-8-9/h2-6,8H,7H2,1H3. The largest absolute Gasteiger partial charge is 0.463 e. The zero-order valence-corrected chi connectivity index (χ0v) is 9.75. The van der Waals surface area contributed by atoms with Crippen molar-refractivity contribution in [3.63, 3.8) is 0 Å². The molecular formula is C13H11NO4. The molecule has 0 fully saturated rings. The molecule has 0 bridgehead atoms. The highest BCUT2D eigenvalue weighted by Gasteiger charge is 2.16. The van der Waals surface area contributed by atoms with Crippen LogP contribution in [0.15, 0.2) is 41.1 Å². The average Bonchev–Trinajstić information content (AvgIpc) is 2.88. The van der Waals surface area contributed by atoms with E-state index in [-0.39, 0.29) is 23.7 Å². The van der Waals surface area contributed by atoms with Gasteiger partial charge < -0.3 is 9.15 Å². The van der Waals surface area contributed by atoms with Crippen molar-refractivity contribution in [2.75, 3.05) is 7.11 Å². The number of pyridine rings is 1. The molecule has 2 heterocycles. The topological polar surface area (TPSA) is 69.4 Å². The molecular weight excluding hydrogens is 234 g/mol. The lowest BCUT2D eigenvalue weighted by molar-refractivity contribution is 0.0563. The van der Waals surface area contributed by atoms with Gasteiger partial charge in [0.05, 0.1) is 7.11 Å². The second-order valence-electron chi connectivity index (χ2n) is 3.62. The molecule has 0 unspecified atom stereocenters. The summed E-state index contributed by atoms with van der Waals surface area (Å²) in [6, 6.07) is 6.44. The Bertz CT molecular complexity index is 559. The summed E-state index contributed by atoms with van der Waals surface area (Å²) in [6.45, 7) is 0. The summed E-state index contributed by atoms with van der Waals surface area (Å²) in [5.41, 5.74) is 0.790. The number of furan rings is 1. The van der Waals surface area contributed by atoms with Gasteiger partial charge in [-0.3, -0.25) is 9.78 Å². The van der Waals surface area contributed by atoms with Gasteiger partial charge in [-0.15, -0.1) is 0 Å². The van der Waals surface area contributed by atoms with E-state index in [9.17, 15) is 9.59 Å². The van der Waals surface area contributed by atoms with Crippen LogP contribution >= 0.6 is 0 Å². The minimum atomic E-state index is -0.601. The molecule has 0 radical (unpaired) electrons. The molecule has 2 aromatic rings. The van der Waals surface area contributed by atoms with E-state index in [1.165, 1.54) is 19.2 Å². The van der Waals surface area contributed by atoms with E-state index in [4.69, 9.17) is 4.42 Å². The summed E-state index contributed by atoms with van der Waals surface area (Å²) in [6.07, 6.45) is 3.43. The van der Waals surface area contributed by atoms with E-state index >= 15 is 0 Å². The quantitative estimate of drug-likeness (QED) is 0.607. The second kappa shape index (κ2) is 5.27. The van der Waals surface area contributed by atoms with Gasteiger partial charge in [0.15, 0.2) is 5.76 Å².